The van der Waals surface area contributed by atoms with Gasteiger partial charge in [-0.25, -0.2) is 15.0 Å². The SMILES string of the molecule is CNC/C=C/C(=O)N1Cc2sc3ncnc(Nc4ccc(Oc5ccc(OC)nc5)c(C)c4)c3c2C(C)C1. The third-order valence-electron chi connectivity index (χ3n) is 6.40. The molecule has 0 bridgehead atoms. The second-order valence-electron chi connectivity index (χ2n) is 9.16. The van der Waals surface area contributed by atoms with Crippen molar-refractivity contribution in [3.05, 3.63) is 71.0 Å². The number of nitrogens with zero attached hydrogens (tertiary/aromatic N) is 4. The highest BCUT2D eigenvalue weighted by molar-refractivity contribution is 7.19. The Bertz CT molecular complexity index is 1480. The van der Waals surface area contributed by atoms with Gasteiger partial charge in [0, 0.05) is 41.7 Å². The van der Waals surface area contributed by atoms with Gasteiger partial charge >= 0.3 is 0 Å². The summed E-state index contributed by atoms with van der Waals surface area (Å²) in [5.41, 5.74) is 3.09. The van der Waals surface area contributed by atoms with Gasteiger partial charge in [0.25, 0.3) is 0 Å². The molecular formula is C28H30N6O3S. The van der Waals surface area contributed by atoms with Crippen LogP contribution in [0.1, 0.15) is 28.8 Å². The largest absolute Gasteiger partial charge is 0.481 e. The smallest absolute Gasteiger partial charge is 0.246 e. The number of amides is 1. The Morgan fingerprint density at radius 3 is 2.84 bits per heavy atom. The number of rotatable bonds is 8. The van der Waals surface area contributed by atoms with Crippen molar-refractivity contribution in [1.82, 2.24) is 25.2 Å². The zero-order valence-corrected chi connectivity index (χ0v) is 22.6. The number of nitrogens with one attached hydrogen (secondary N) is 2. The maximum absolute atomic E-state index is 12.7. The fraction of sp³-hybridized carbons (Fsp3) is 0.286. The normalized spacial score (nSPS) is 15.1. The maximum atomic E-state index is 12.7. The van der Waals surface area contributed by atoms with E-state index in [4.69, 9.17) is 9.47 Å². The highest BCUT2D eigenvalue weighted by Crippen LogP contribution is 2.42. The van der Waals surface area contributed by atoms with Crippen LogP contribution in [-0.4, -0.2) is 53.0 Å². The predicted octanol–water partition coefficient (Wildman–Crippen LogP) is 5.16. The Kier molecular flexibility index (Phi) is 7.52. The lowest BCUT2D eigenvalue weighted by atomic mass is 9.94. The number of carbonyl (C=O) groups excluding carboxylic acids is 1. The monoisotopic (exact) mass is 530 g/mol. The summed E-state index contributed by atoms with van der Waals surface area (Å²) in [6.07, 6.45) is 6.72. The maximum Gasteiger partial charge on any atom is 0.246 e. The van der Waals surface area contributed by atoms with Gasteiger partial charge in [-0.2, -0.15) is 0 Å². The third-order valence-corrected chi connectivity index (χ3v) is 7.50. The molecule has 0 saturated heterocycles. The minimum atomic E-state index is 0.0304. The standard InChI is InChI=1S/C28H30N6O3S/c1-17-12-19(7-9-21(17)37-20-8-10-23(36-4)30-13-20)33-27-26-25-18(2)14-34(24(35)6-5-11-29-3)15-22(25)38-28(26)32-16-31-27/h5-10,12-13,16,18,29H,11,14-15H2,1-4H3,(H,31,32,33)/b6-5+. The van der Waals surface area contributed by atoms with E-state index in [1.807, 2.05) is 49.2 Å². The lowest BCUT2D eigenvalue weighted by molar-refractivity contribution is -0.127. The van der Waals surface area contributed by atoms with E-state index in [1.165, 1.54) is 5.56 Å². The molecule has 196 valence electrons. The first-order valence-corrected chi connectivity index (χ1v) is 13.2. The predicted molar refractivity (Wildman–Crippen MR) is 150 cm³/mol. The molecule has 0 aliphatic carbocycles. The van der Waals surface area contributed by atoms with E-state index in [0.717, 1.165) is 37.9 Å². The summed E-state index contributed by atoms with van der Waals surface area (Å²) in [6, 6.07) is 9.51. The van der Waals surface area contributed by atoms with Gasteiger partial charge in [-0.3, -0.25) is 4.79 Å². The number of methoxy groups -OCH3 is 1. The van der Waals surface area contributed by atoms with Crippen molar-refractivity contribution >= 4 is 39.0 Å². The van der Waals surface area contributed by atoms with Crippen molar-refractivity contribution in [3.63, 3.8) is 0 Å². The van der Waals surface area contributed by atoms with Gasteiger partial charge in [-0.1, -0.05) is 13.0 Å². The summed E-state index contributed by atoms with van der Waals surface area (Å²) < 4.78 is 11.1. The third kappa shape index (κ3) is 5.32. The summed E-state index contributed by atoms with van der Waals surface area (Å²) in [5, 5.41) is 7.54. The minimum Gasteiger partial charge on any atom is -0.481 e. The van der Waals surface area contributed by atoms with Gasteiger partial charge in [0.1, 0.15) is 28.5 Å². The first-order chi connectivity index (χ1) is 18.5. The molecular weight excluding hydrogens is 500 g/mol. The van der Waals surface area contributed by atoms with Crippen LogP contribution in [0.4, 0.5) is 11.5 Å². The quantitative estimate of drug-likeness (QED) is 0.301. The molecule has 1 amide bonds. The molecule has 1 atom stereocenters. The summed E-state index contributed by atoms with van der Waals surface area (Å²) >= 11 is 1.63. The highest BCUT2D eigenvalue weighted by atomic mass is 32.1. The Balaban J connectivity index is 1.38. The molecule has 1 aliphatic rings. The van der Waals surface area contributed by atoms with Crippen molar-refractivity contribution in [2.75, 3.05) is 32.6 Å². The Morgan fingerprint density at radius 1 is 1.24 bits per heavy atom. The van der Waals surface area contributed by atoms with Gasteiger partial charge in [-0.15, -0.1) is 11.3 Å². The average molecular weight is 531 g/mol. The van der Waals surface area contributed by atoms with Crippen LogP contribution in [-0.2, 0) is 11.3 Å². The molecule has 38 heavy (non-hydrogen) atoms. The van der Waals surface area contributed by atoms with Crippen LogP contribution < -0.4 is 20.1 Å². The van der Waals surface area contributed by atoms with Crippen LogP contribution in [0.25, 0.3) is 10.2 Å². The van der Waals surface area contributed by atoms with Crippen LogP contribution in [0, 0.1) is 6.92 Å². The molecule has 3 aromatic heterocycles. The number of likely N-dealkylation sites (N-methyl/N-ethyl adjacent to an activating group) is 1. The number of hydrogen-bond donors (Lipinski definition) is 2. The second-order valence-corrected chi connectivity index (χ2v) is 10.2. The number of hydrogen-bond acceptors (Lipinski definition) is 9. The van der Waals surface area contributed by atoms with Gasteiger partial charge in [0.15, 0.2) is 0 Å². The molecule has 4 heterocycles. The summed E-state index contributed by atoms with van der Waals surface area (Å²) in [4.78, 5) is 30.0. The lowest BCUT2D eigenvalue weighted by Crippen LogP contribution is -2.36. The van der Waals surface area contributed by atoms with E-state index in [-0.39, 0.29) is 11.8 Å². The molecule has 1 aromatic carbocycles. The van der Waals surface area contributed by atoms with Gasteiger partial charge < -0.3 is 25.0 Å². The number of ether oxygens (including phenoxy) is 2. The van der Waals surface area contributed by atoms with Crippen LogP contribution in [0.5, 0.6) is 17.4 Å². The van der Waals surface area contributed by atoms with Crippen molar-refractivity contribution in [1.29, 1.82) is 0 Å². The fourth-order valence-corrected chi connectivity index (χ4v) is 5.87. The Hall–Kier alpha value is -4.02. The zero-order chi connectivity index (χ0) is 26.6. The molecule has 9 nitrogen and oxygen atoms in total. The van der Waals surface area contributed by atoms with Gasteiger partial charge in [0.2, 0.25) is 11.8 Å². The number of benzene rings is 1. The van der Waals surface area contributed by atoms with E-state index >= 15 is 0 Å². The molecule has 1 aliphatic heterocycles. The van der Waals surface area contributed by atoms with E-state index in [2.05, 4.69) is 32.5 Å². The zero-order valence-electron chi connectivity index (χ0n) is 21.8. The molecule has 5 rings (SSSR count). The lowest BCUT2D eigenvalue weighted by Gasteiger charge is -2.30. The number of anilines is 2. The average Bonchev–Trinajstić information content (AvgIpc) is 3.31. The second kappa shape index (κ2) is 11.2. The summed E-state index contributed by atoms with van der Waals surface area (Å²) in [7, 11) is 3.44. The number of aryl methyl sites for hydroxylation is 1. The summed E-state index contributed by atoms with van der Waals surface area (Å²) in [5.74, 6) is 2.87. The number of pyridine rings is 1. The van der Waals surface area contributed by atoms with Crippen molar-refractivity contribution < 1.29 is 14.3 Å². The molecule has 0 fully saturated rings. The molecule has 1 unspecified atom stereocenters. The van der Waals surface area contributed by atoms with Crippen LogP contribution in [0.3, 0.4) is 0 Å². The van der Waals surface area contributed by atoms with Crippen molar-refractivity contribution in [2.24, 2.45) is 0 Å². The molecule has 4 aromatic rings. The number of carbonyl (C=O) groups is 1. The number of thiophene rings is 1. The molecule has 10 heteroatoms. The van der Waals surface area contributed by atoms with Crippen molar-refractivity contribution in [3.8, 4) is 17.4 Å². The van der Waals surface area contributed by atoms with E-state index in [9.17, 15) is 4.79 Å². The minimum absolute atomic E-state index is 0.0304. The van der Waals surface area contributed by atoms with E-state index < -0.39 is 0 Å². The first kappa shape index (κ1) is 25.6. The fourth-order valence-electron chi connectivity index (χ4n) is 4.60. The molecule has 0 saturated carbocycles. The van der Waals surface area contributed by atoms with Crippen LogP contribution in [0.2, 0.25) is 0 Å². The Labute approximate surface area is 225 Å². The molecule has 0 radical (unpaired) electrons. The molecule has 2 N–H and O–H groups in total. The summed E-state index contributed by atoms with van der Waals surface area (Å²) in [6.45, 7) is 6.05. The first-order valence-electron chi connectivity index (χ1n) is 12.4. The number of fused-ring (bicyclic) bond motifs is 3. The van der Waals surface area contributed by atoms with Crippen LogP contribution in [0.15, 0.2) is 55.0 Å². The topological polar surface area (TPSA) is 102 Å². The van der Waals surface area contributed by atoms with Crippen molar-refractivity contribution in [2.45, 2.75) is 26.3 Å². The van der Waals surface area contributed by atoms with Crippen LogP contribution >= 0.6 is 11.3 Å². The van der Waals surface area contributed by atoms with E-state index in [1.54, 1.807) is 43.1 Å². The highest BCUT2D eigenvalue weighted by Gasteiger charge is 2.30. The Morgan fingerprint density at radius 2 is 2.11 bits per heavy atom. The molecule has 0 spiro atoms. The van der Waals surface area contributed by atoms with Gasteiger partial charge in [0.05, 0.1) is 25.2 Å². The van der Waals surface area contributed by atoms with Gasteiger partial charge in [-0.05, 0) is 49.4 Å². The van der Waals surface area contributed by atoms with E-state index in [0.29, 0.717) is 31.3 Å². The number of aromatic nitrogens is 3.